The molecule has 0 radical (unpaired) electrons. The van der Waals surface area contributed by atoms with Crippen molar-refractivity contribution in [3.63, 3.8) is 0 Å². The van der Waals surface area contributed by atoms with E-state index >= 15 is 0 Å². The number of methoxy groups -OCH3 is 1. The molecular formula is C18H19NO5. The Balaban J connectivity index is 1.91. The molecule has 1 saturated heterocycles. The van der Waals surface area contributed by atoms with Gasteiger partial charge in [0.05, 0.1) is 12.5 Å². The van der Waals surface area contributed by atoms with Crippen LogP contribution in [0.5, 0.6) is 11.5 Å². The number of carbonyl (C=O) groups excluding carboxylic acids is 2. The van der Waals surface area contributed by atoms with Crippen LogP contribution < -0.4 is 9.47 Å². The van der Waals surface area contributed by atoms with Gasteiger partial charge in [0.1, 0.15) is 11.6 Å². The van der Waals surface area contributed by atoms with Crippen LogP contribution >= 0.6 is 0 Å². The SMILES string of the molecule is COc1ccc2c3c1O[C@H]1C(=O)CC[C@@]4(O)[C@@H](C2=O)N(C)CC[C@]314. The van der Waals surface area contributed by atoms with Crippen LogP contribution in [0.2, 0.25) is 0 Å². The highest BCUT2D eigenvalue weighted by Crippen LogP contribution is 2.64. The van der Waals surface area contributed by atoms with Crippen molar-refractivity contribution in [3.8, 4) is 11.5 Å². The van der Waals surface area contributed by atoms with E-state index < -0.39 is 23.2 Å². The Kier molecular flexibility index (Phi) is 2.51. The molecule has 0 unspecified atom stereocenters. The van der Waals surface area contributed by atoms with E-state index in [0.29, 0.717) is 42.0 Å². The van der Waals surface area contributed by atoms with E-state index in [1.807, 2.05) is 11.9 Å². The maximum absolute atomic E-state index is 13.2. The number of carbonyl (C=O) groups is 2. The van der Waals surface area contributed by atoms with E-state index in [4.69, 9.17) is 9.47 Å². The molecule has 24 heavy (non-hydrogen) atoms. The molecule has 5 rings (SSSR count). The summed E-state index contributed by atoms with van der Waals surface area (Å²) in [5.74, 6) is 0.886. The lowest BCUT2D eigenvalue weighted by Crippen LogP contribution is -2.77. The first kappa shape index (κ1) is 14.4. The summed E-state index contributed by atoms with van der Waals surface area (Å²) in [4.78, 5) is 27.7. The Labute approximate surface area is 139 Å². The average Bonchev–Trinajstić information content (AvgIpc) is 2.92. The van der Waals surface area contributed by atoms with Crippen molar-refractivity contribution in [2.45, 2.75) is 42.4 Å². The number of aliphatic hydroxyl groups is 1. The van der Waals surface area contributed by atoms with Gasteiger partial charge in [-0.15, -0.1) is 0 Å². The smallest absolute Gasteiger partial charge is 0.183 e. The number of rotatable bonds is 1. The van der Waals surface area contributed by atoms with E-state index in [-0.39, 0.29) is 18.0 Å². The Morgan fingerprint density at radius 3 is 2.88 bits per heavy atom. The lowest BCUT2D eigenvalue weighted by molar-refractivity contribution is -0.175. The molecule has 126 valence electrons. The first-order valence-electron chi connectivity index (χ1n) is 8.33. The van der Waals surface area contributed by atoms with Gasteiger partial charge >= 0.3 is 0 Å². The highest BCUT2D eigenvalue weighted by atomic mass is 16.5. The van der Waals surface area contributed by atoms with Crippen molar-refractivity contribution in [3.05, 3.63) is 23.3 Å². The van der Waals surface area contributed by atoms with Crippen molar-refractivity contribution >= 4 is 11.6 Å². The van der Waals surface area contributed by atoms with E-state index in [2.05, 4.69) is 0 Å². The normalized spacial score (nSPS) is 39.5. The maximum atomic E-state index is 13.2. The largest absolute Gasteiger partial charge is 0.493 e. The molecule has 0 amide bonds. The standard InChI is InChI=1S/C18H19NO5/c1-19-8-7-17-12-9-3-4-11(23-2)14(12)24-16(17)10(20)5-6-18(17,22)15(19)13(9)21/h3-4,15-16,22H,5-8H2,1-2H3/t15-,16+,17+,18-/m1/s1. The molecule has 2 aliphatic heterocycles. The minimum absolute atomic E-state index is 0.00142. The van der Waals surface area contributed by atoms with Gasteiger partial charge in [0.15, 0.2) is 29.2 Å². The zero-order chi connectivity index (χ0) is 16.9. The Hall–Kier alpha value is -1.92. The summed E-state index contributed by atoms with van der Waals surface area (Å²) in [6, 6.07) is 2.83. The van der Waals surface area contributed by atoms with Crippen molar-refractivity contribution < 1.29 is 24.2 Å². The van der Waals surface area contributed by atoms with Crippen LogP contribution in [-0.4, -0.2) is 60.0 Å². The predicted octanol–water partition coefficient (Wildman–Crippen LogP) is 0.688. The second kappa shape index (κ2) is 4.18. The van der Waals surface area contributed by atoms with Gasteiger partial charge in [0.2, 0.25) is 0 Å². The van der Waals surface area contributed by atoms with Gasteiger partial charge in [0, 0.05) is 17.5 Å². The number of Topliss-reactive ketones (excluding diaryl/α,β-unsaturated/α-hetero) is 2. The monoisotopic (exact) mass is 329 g/mol. The Bertz CT molecular complexity index is 805. The summed E-state index contributed by atoms with van der Waals surface area (Å²) in [7, 11) is 3.40. The third kappa shape index (κ3) is 1.26. The third-order valence-corrected chi connectivity index (χ3v) is 6.55. The Morgan fingerprint density at radius 2 is 2.12 bits per heavy atom. The Morgan fingerprint density at radius 1 is 1.33 bits per heavy atom. The first-order chi connectivity index (χ1) is 11.5. The van der Waals surface area contributed by atoms with Crippen LogP contribution in [0.25, 0.3) is 0 Å². The number of ether oxygens (including phenoxy) is 2. The second-order valence-corrected chi connectivity index (χ2v) is 7.38. The van der Waals surface area contributed by atoms with Gasteiger partial charge in [-0.1, -0.05) is 0 Å². The molecule has 4 aliphatic rings. The summed E-state index contributed by atoms with van der Waals surface area (Å²) < 4.78 is 11.5. The number of ketones is 2. The molecule has 1 aromatic rings. The zero-order valence-corrected chi connectivity index (χ0v) is 13.7. The van der Waals surface area contributed by atoms with Crippen LogP contribution in [0.3, 0.4) is 0 Å². The fraction of sp³-hybridized carbons (Fsp3) is 0.556. The van der Waals surface area contributed by atoms with Crippen molar-refractivity contribution in [2.75, 3.05) is 20.7 Å². The highest BCUT2D eigenvalue weighted by molar-refractivity contribution is 6.07. The van der Waals surface area contributed by atoms with E-state index in [9.17, 15) is 14.7 Å². The molecule has 1 saturated carbocycles. The average molecular weight is 329 g/mol. The number of likely N-dealkylation sites (N-methyl/N-ethyl adjacent to an activating group) is 1. The van der Waals surface area contributed by atoms with Crippen LogP contribution in [0.15, 0.2) is 12.1 Å². The quantitative estimate of drug-likeness (QED) is 0.817. The predicted molar refractivity (Wildman–Crippen MR) is 83.6 cm³/mol. The molecule has 4 atom stereocenters. The topological polar surface area (TPSA) is 76.1 Å². The summed E-state index contributed by atoms with van der Waals surface area (Å²) in [6.07, 6.45) is 0.382. The second-order valence-electron chi connectivity index (χ2n) is 7.38. The van der Waals surface area contributed by atoms with Gasteiger partial charge in [-0.3, -0.25) is 14.5 Å². The van der Waals surface area contributed by atoms with Crippen LogP contribution in [-0.2, 0) is 10.2 Å². The zero-order valence-electron chi connectivity index (χ0n) is 13.7. The summed E-state index contributed by atoms with van der Waals surface area (Å²) >= 11 is 0. The van der Waals surface area contributed by atoms with Gasteiger partial charge < -0.3 is 14.6 Å². The van der Waals surface area contributed by atoms with Gasteiger partial charge in [0.25, 0.3) is 0 Å². The molecule has 1 spiro atoms. The lowest BCUT2D eigenvalue weighted by Gasteiger charge is -2.60. The molecule has 0 aromatic heterocycles. The van der Waals surface area contributed by atoms with E-state index in [1.54, 1.807) is 12.1 Å². The molecule has 2 fully saturated rings. The van der Waals surface area contributed by atoms with Crippen molar-refractivity contribution in [1.82, 2.24) is 4.90 Å². The summed E-state index contributed by atoms with van der Waals surface area (Å²) in [5, 5.41) is 11.7. The summed E-state index contributed by atoms with van der Waals surface area (Å²) in [5.41, 5.74) is -0.867. The van der Waals surface area contributed by atoms with Crippen molar-refractivity contribution in [1.29, 1.82) is 0 Å². The number of likely N-dealkylation sites (tertiary alicyclic amines) is 1. The molecule has 1 N–H and O–H groups in total. The maximum Gasteiger partial charge on any atom is 0.183 e. The van der Waals surface area contributed by atoms with E-state index in [1.165, 1.54) is 7.11 Å². The molecule has 2 aliphatic carbocycles. The van der Waals surface area contributed by atoms with Crippen LogP contribution in [0.1, 0.15) is 35.2 Å². The highest BCUT2D eigenvalue weighted by Gasteiger charge is 2.74. The van der Waals surface area contributed by atoms with Gasteiger partial charge in [-0.2, -0.15) is 0 Å². The number of nitrogens with zero attached hydrogens (tertiary/aromatic N) is 1. The molecule has 6 heteroatoms. The molecule has 2 bridgehead atoms. The number of hydrogen-bond acceptors (Lipinski definition) is 6. The number of hydrogen-bond donors (Lipinski definition) is 1. The fourth-order valence-corrected chi connectivity index (χ4v) is 5.55. The minimum Gasteiger partial charge on any atom is -0.493 e. The molecular weight excluding hydrogens is 310 g/mol. The van der Waals surface area contributed by atoms with Crippen LogP contribution in [0.4, 0.5) is 0 Å². The third-order valence-electron chi connectivity index (χ3n) is 6.55. The lowest BCUT2D eigenvalue weighted by atomic mass is 9.49. The van der Waals surface area contributed by atoms with Gasteiger partial charge in [-0.05, 0) is 38.6 Å². The molecule has 6 nitrogen and oxygen atoms in total. The molecule has 1 aromatic carbocycles. The van der Waals surface area contributed by atoms with Crippen molar-refractivity contribution in [2.24, 2.45) is 0 Å². The minimum atomic E-state index is -1.28. The van der Waals surface area contributed by atoms with Gasteiger partial charge in [-0.25, -0.2) is 0 Å². The van der Waals surface area contributed by atoms with E-state index in [0.717, 1.165) is 0 Å². The first-order valence-corrected chi connectivity index (χ1v) is 8.33. The van der Waals surface area contributed by atoms with Crippen LogP contribution in [0, 0.1) is 0 Å². The number of piperidine rings is 1. The summed E-state index contributed by atoms with van der Waals surface area (Å²) in [6.45, 7) is 0.641. The number of benzene rings is 1. The molecule has 2 heterocycles. The fourth-order valence-electron chi connectivity index (χ4n) is 5.55.